The summed E-state index contributed by atoms with van der Waals surface area (Å²) in [6.07, 6.45) is 2.85. The molecule has 1 aliphatic rings. The molecular weight excluding hydrogens is 396 g/mol. The molecule has 1 heterocycles. The highest BCUT2D eigenvalue weighted by molar-refractivity contribution is 7.80. The van der Waals surface area contributed by atoms with E-state index in [2.05, 4.69) is 17.6 Å². The number of carbonyl (C=O) groups excluding carboxylic acids is 1. The van der Waals surface area contributed by atoms with Crippen LogP contribution in [0.2, 0.25) is 0 Å². The molecule has 0 radical (unpaired) electrons. The van der Waals surface area contributed by atoms with Crippen molar-refractivity contribution in [3.05, 3.63) is 45.8 Å². The molecule has 0 amide bonds. The number of methoxy groups -OCH3 is 1. The van der Waals surface area contributed by atoms with Gasteiger partial charge in [-0.05, 0) is 60.7 Å². The van der Waals surface area contributed by atoms with Gasteiger partial charge in [0.25, 0.3) is 0 Å². The number of fused-ring (bicyclic) bond motifs is 1. The molecule has 28 heavy (non-hydrogen) atoms. The molecule has 3 N–H and O–H groups in total. The molecule has 0 bridgehead atoms. The molecule has 1 unspecified atom stereocenters. The predicted molar refractivity (Wildman–Crippen MR) is 114 cm³/mol. The molecule has 0 fully saturated rings. The average Bonchev–Trinajstić information content (AvgIpc) is 2.98. The van der Waals surface area contributed by atoms with E-state index in [-0.39, 0.29) is 12.4 Å². The maximum absolute atomic E-state index is 12.3. The summed E-state index contributed by atoms with van der Waals surface area (Å²) < 4.78 is 4.99. The standard InChI is InChI=1S/C20H22N2O4S2/c1-11-3-8-14-15(9-11)28-18(17(14)19(25)26-2)22-20(27)21-13-6-4-12(5-7-13)10-16(23)24/h4-7,11H,3,8-10H2,1-2H3,(H,23,24)(H2,21,22,27). The van der Waals surface area contributed by atoms with Gasteiger partial charge in [-0.3, -0.25) is 4.79 Å². The van der Waals surface area contributed by atoms with E-state index in [1.54, 1.807) is 35.6 Å². The number of hydrogen-bond donors (Lipinski definition) is 3. The van der Waals surface area contributed by atoms with Crippen LogP contribution in [0.15, 0.2) is 24.3 Å². The van der Waals surface area contributed by atoms with Crippen LogP contribution >= 0.6 is 23.6 Å². The van der Waals surface area contributed by atoms with Crippen LogP contribution in [0.3, 0.4) is 0 Å². The second-order valence-electron chi connectivity index (χ2n) is 6.89. The van der Waals surface area contributed by atoms with Crippen LogP contribution in [0.5, 0.6) is 0 Å². The number of thiophene rings is 1. The smallest absolute Gasteiger partial charge is 0.341 e. The van der Waals surface area contributed by atoms with Crippen LogP contribution in [0, 0.1) is 5.92 Å². The molecule has 6 nitrogen and oxygen atoms in total. The lowest BCUT2D eigenvalue weighted by Crippen LogP contribution is -2.20. The van der Waals surface area contributed by atoms with Gasteiger partial charge in [0.15, 0.2) is 5.11 Å². The largest absolute Gasteiger partial charge is 0.481 e. The number of ether oxygens (including phenoxy) is 1. The number of carboxylic acid groups (broad SMARTS) is 1. The van der Waals surface area contributed by atoms with E-state index in [1.165, 1.54) is 12.0 Å². The van der Waals surface area contributed by atoms with Gasteiger partial charge in [0.05, 0.1) is 19.1 Å². The van der Waals surface area contributed by atoms with Gasteiger partial charge in [0.1, 0.15) is 5.00 Å². The minimum absolute atomic E-state index is 0.0232. The van der Waals surface area contributed by atoms with Crippen molar-refractivity contribution in [3.63, 3.8) is 0 Å². The maximum Gasteiger partial charge on any atom is 0.341 e. The predicted octanol–water partition coefficient (Wildman–Crippen LogP) is 4.10. The summed E-state index contributed by atoms with van der Waals surface area (Å²) in [5, 5.41) is 16.1. The molecule has 1 atom stereocenters. The highest BCUT2D eigenvalue weighted by Gasteiger charge is 2.28. The Bertz CT molecular complexity index is 906. The van der Waals surface area contributed by atoms with E-state index in [0.717, 1.165) is 30.5 Å². The Morgan fingerprint density at radius 2 is 2.00 bits per heavy atom. The lowest BCUT2D eigenvalue weighted by Gasteiger charge is -2.18. The number of rotatable bonds is 5. The van der Waals surface area contributed by atoms with Gasteiger partial charge in [-0.2, -0.15) is 0 Å². The first-order valence-electron chi connectivity index (χ1n) is 8.99. The Morgan fingerprint density at radius 1 is 1.29 bits per heavy atom. The number of carboxylic acids is 1. The summed E-state index contributed by atoms with van der Waals surface area (Å²) in [7, 11) is 1.39. The summed E-state index contributed by atoms with van der Waals surface area (Å²) >= 11 is 6.96. The zero-order valence-corrected chi connectivity index (χ0v) is 17.3. The van der Waals surface area contributed by atoms with Crippen molar-refractivity contribution in [1.29, 1.82) is 0 Å². The zero-order chi connectivity index (χ0) is 20.3. The normalized spacial score (nSPS) is 15.4. The third-order valence-corrected chi connectivity index (χ3v) is 6.07. The molecule has 2 aromatic rings. The fourth-order valence-corrected chi connectivity index (χ4v) is 4.99. The fourth-order valence-electron chi connectivity index (χ4n) is 3.30. The molecule has 1 aromatic carbocycles. The molecule has 0 saturated heterocycles. The van der Waals surface area contributed by atoms with Crippen molar-refractivity contribution < 1.29 is 19.4 Å². The molecule has 8 heteroatoms. The second-order valence-corrected chi connectivity index (χ2v) is 8.41. The van der Waals surface area contributed by atoms with Gasteiger partial charge in [-0.15, -0.1) is 11.3 Å². The third-order valence-electron chi connectivity index (χ3n) is 4.70. The topological polar surface area (TPSA) is 87.7 Å². The van der Waals surface area contributed by atoms with E-state index in [4.69, 9.17) is 22.1 Å². The summed E-state index contributed by atoms with van der Waals surface area (Å²) in [6.45, 7) is 2.22. The van der Waals surface area contributed by atoms with Gasteiger partial charge in [0, 0.05) is 10.6 Å². The average molecular weight is 419 g/mol. The Balaban J connectivity index is 1.75. The van der Waals surface area contributed by atoms with Crippen LogP contribution in [-0.4, -0.2) is 29.3 Å². The van der Waals surface area contributed by atoms with Crippen LogP contribution in [-0.2, 0) is 28.8 Å². The number of esters is 1. The molecule has 3 rings (SSSR count). The van der Waals surface area contributed by atoms with Crippen LogP contribution in [0.25, 0.3) is 0 Å². The number of aliphatic carboxylic acids is 1. The monoisotopic (exact) mass is 418 g/mol. The first kappa shape index (κ1) is 20.3. The van der Waals surface area contributed by atoms with Crippen molar-refractivity contribution in [2.45, 2.75) is 32.6 Å². The number of nitrogens with one attached hydrogen (secondary N) is 2. The van der Waals surface area contributed by atoms with Crippen molar-refractivity contribution in [3.8, 4) is 0 Å². The fraction of sp³-hybridized carbons (Fsp3) is 0.350. The lowest BCUT2D eigenvalue weighted by molar-refractivity contribution is -0.136. The van der Waals surface area contributed by atoms with Gasteiger partial charge in [0.2, 0.25) is 0 Å². The highest BCUT2D eigenvalue weighted by Crippen LogP contribution is 2.40. The Hall–Kier alpha value is -2.45. The first-order chi connectivity index (χ1) is 13.4. The van der Waals surface area contributed by atoms with E-state index < -0.39 is 5.97 Å². The van der Waals surface area contributed by atoms with Crippen molar-refractivity contribution in [1.82, 2.24) is 0 Å². The molecular formula is C20H22N2O4S2. The van der Waals surface area contributed by atoms with Crippen LogP contribution < -0.4 is 10.6 Å². The van der Waals surface area contributed by atoms with E-state index in [1.807, 2.05) is 0 Å². The Morgan fingerprint density at radius 3 is 2.64 bits per heavy atom. The van der Waals surface area contributed by atoms with Gasteiger partial charge in [-0.25, -0.2) is 4.79 Å². The van der Waals surface area contributed by atoms with Crippen molar-refractivity contribution in [2.24, 2.45) is 5.92 Å². The zero-order valence-electron chi connectivity index (χ0n) is 15.7. The summed E-state index contributed by atoms with van der Waals surface area (Å²) in [5.41, 5.74) is 3.10. The van der Waals surface area contributed by atoms with E-state index in [9.17, 15) is 9.59 Å². The molecule has 1 aromatic heterocycles. The van der Waals surface area contributed by atoms with E-state index >= 15 is 0 Å². The number of carbonyl (C=O) groups is 2. The number of thiocarbonyl (C=S) groups is 1. The minimum atomic E-state index is -0.871. The second kappa shape index (κ2) is 8.70. The molecule has 1 aliphatic carbocycles. The van der Waals surface area contributed by atoms with Gasteiger partial charge in [-0.1, -0.05) is 19.1 Å². The molecule has 0 saturated carbocycles. The SMILES string of the molecule is COC(=O)c1c(NC(=S)Nc2ccc(CC(=O)O)cc2)sc2c1CCC(C)C2. The number of hydrogen-bond acceptors (Lipinski definition) is 5. The van der Waals surface area contributed by atoms with Crippen molar-refractivity contribution >= 4 is 51.3 Å². The quantitative estimate of drug-likeness (QED) is 0.498. The van der Waals surface area contributed by atoms with Crippen LogP contribution in [0.1, 0.15) is 39.7 Å². The highest BCUT2D eigenvalue weighted by atomic mass is 32.1. The van der Waals surface area contributed by atoms with E-state index in [0.29, 0.717) is 27.2 Å². The van der Waals surface area contributed by atoms with Gasteiger partial charge < -0.3 is 20.5 Å². The summed E-state index contributed by atoms with van der Waals surface area (Å²) in [4.78, 5) is 24.3. The number of anilines is 2. The minimum Gasteiger partial charge on any atom is -0.481 e. The summed E-state index contributed by atoms with van der Waals surface area (Å²) in [5.74, 6) is -0.626. The van der Waals surface area contributed by atoms with Crippen molar-refractivity contribution in [2.75, 3.05) is 17.7 Å². The first-order valence-corrected chi connectivity index (χ1v) is 10.2. The maximum atomic E-state index is 12.3. The van der Waals surface area contributed by atoms with Gasteiger partial charge >= 0.3 is 11.9 Å². The Kier molecular flexibility index (Phi) is 6.31. The summed E-state index contributed by atoms with van der Waals surface area (Å²) in [6, 6.07) is 7.03. The van der Waals surface area contributed by atoms with Crippen LogP contribution in [0.4, 0.5) is 10.7 Å². The molecule has 0 aliphatic heterocycles. The Labute approximate surface area is 172 Å². The molecule has 0 spiro atoms. The third kappa shape index (κ3) is 4.69. The molecule has 148 valence electrons. The lowest BCUT2D eigenvalue weighted by atomic mass is 9.88. The number of benzene rings is 1.